The van der Waals surface area contributed by atoms with E-state index in [4.69, 9.17) is 19.3 Å². The first-order valence-corrected chi connectivity index (χ1v) is 17.9. The molecule has 0 N–H and O–H groups in total. The molecule has 1 aromatic heterocycles. The first-order valence-electron chi connectivity index (χ1n) is 17.9. The Morgan fingerprint density at radius 1 is 0.808 bits per heavy atom. The minimum atomic E-state index is -0.732. The van der Waals surface area contributed by atoms with Crippen LogP contribution >= 0.6 is 0 Å². The van der Waals surface area contributed by atoms with Crippen LogP contribution in [0.4, 0.5) is 0 Å². The lowest BCUT2D eigenvalue weighted by Crippen LogP contribution is -2.36. The number of esters is 2. The zero-order valence-corrected chi connectivity index (χ0v) is 30.5. The fourth-order valence-electron chi connectivity index (χ4n) is 6.39. The quantitative estimate of drug-likeness (QED) is 0.127. The lowest BCUT2D eigenvalue weighted by atomic mass is 9.92. The highest BCUT2D eigenvalue weighted by molar-refractivity contribution is 6.07. The highest BCUT2D eigenvalue weighted by Crippen LogP contribution is 2.36. The molecule has 0 saturated carbocycles. The van der Waals surface area contributed by atoms with Crippen LogP contribution in [-0.2, 0) is 28.9 Å². The van der Waals surface area contributed by atoms with Gasteiger partial charge in [0.2, 0.25) is 0 Å². The second-order valence-corrected chi connectivity index (χ2v) is 13.8. The Morgan fingerprint density at radius 2 is 1.50 bits per heavy atom. The number of unbranched alkanes of at least 4 members (excludes halogenated alkanes) is 1. The van der Waals surface area contributed by atoms with E-state index in [1.807, 2.05) is 72.8 Å². The number of carbonyl (C=O) groups excluding carboxylic acids is 3. The molecular weight excluding hydrogens is 654 g/mol. The van der Waals surface area contributed by atoms with Crippen LogP contribution in [0.5, 0.6) is 11.5 Å². The van der Waals surface area contributed by atoms with Crippen molar-refractivity contribution in [3.05, 3.63) is 131 Å². The lowest BCUT2D eigenvalue weighted by molar-refractivity contribution is 0.00692. The predicted octanol–water partition coefficient (Wildman–Crippen LogP) is 9.00. The molecule has 1 amide bonds. The van der Waals surface area contributed by atoms with Gasteiger partial charge in [-0.25, -0.2) is 14.3 Å². The van der Waals surface area contributed by atoms with Crippen LogP contribution in [-0.4, -0.2) is 51.3 Å². The van der Waals surface area contributed by atoms with Crippen LogP contribution < -0.4 is 4.74 Å². The Morgan fingerprint density at radius 3 is 2.19 bits per heavy atom. The van der Waals surface area contributed by atoms with Crippen molar-refractivity contribution in [3.8, 4) is 28.3 Å². The molecule has 268 valence electrons. The van der Waals surface area contributed by atoms with Gasteiger partial charge in [-0.1, -0.05) is 61.9 Å². The van der Waals surface area contributed by atoms with Crippen molar-refractivity contribution in [3.63, 3.8) is 0 Å². The number of hydrogen-bond acceptors (Lipinski definition) is 7. The monoisotopic (exact) mass is 699 g/mol. The molecule has 0 spiro atoms. The van der Waals surface area contributed by atoms with Gasteiger partial charge in [0.15, 0.2) is 5.69 Å². The Labute approximate surface area is 305 Å². The molecule has 1 aliphatic heterocycles. The van der Waals surface area contributed by atoms with E-state index in [9.17, 15) is 14.4 Å². The second-order valence-electron chi connectivity index (χ2n) is 13.8. The fraction of sp³-hybridized carbons (Fsp3) is 0.302. The van der Waals surface area contributed by atoms with E-state index < -0.39 is 17.5 Å². The maximum absolute atomic E-state index is 14.7. The Kier molecular flexibility index (Phi) is 10.9. The van der Waals surface area contributed by atoms with Gasteiger partial charge in [0.1, 0.15) is 17.1 Å². The smallest absolute Gasteiger partial charge is 0.359 e. The van der Waals surface area contributed by atoms with Crippen molar-refractivity contribution in [1.82, 2.24) is 14.7 Å². The molecule has 0 bridgehead atoms. The van der Waals surface area contributed by atoms with Gasteiger partial charge in [-0.2, -0.15) is 5.10 Å². The van der Waals surface area contributed by atoms with Crippen LogP contribution in [0.2, 0.25) is 0 Å². The van der Waals surface area contributed by atoms with Gasteiger partial charge < -0.3 is 19.1 Å². The van der Waals surface area contributed by atoms with Crippen LogP contribution in [0.1, 0.15) is 95.5 Å². The molecule has 0 unspecified atom stereocenters. The van der Waals surface area contributed by atoms with Crippen molar-refractivity contribution in [1.29, 1.82) is 0 Å². The first kappa shape index (κ1) is 36.1. The summed E-state index contributed by atoms with van der Waals surface area (Å²) in [5, 5.41) is 4.88. The van der Waals surface area contributed by atoms with Gasteiger partial charge in [-0.05, 0) is 112 Å². The molecule has 0 fully saturated rings. The van der Waals surface area contributed by atoms with E-state index in [2.05, 4.69) is 13.0 Å². The molecule has 0 saturated heterocycles. The normalized spacial score (nSPS) is 12.6. The van der Waals surface area contributed by atoms with E-state index in [0.29, 0.717) is 54.2 Å². The van der Waals surface area contributed by atoms with Crippen molar-refractivity contribution >= 4 is 17.8 Å². The molecule has 1 aliphatic rings. The van der Waals surface area contributed by atoms with E-state index >= 15 is 0 Å². The molecule has 6 rings (SSSR count). The molecule has 0 radical (unpaired) electrons. The molecule has 52 heavy (non-hydrogen) atoms. The zero-order chi connectivity index (χ0) is 36.8. The zero-order valence-electron chi connectivity index (χ0n) is 30.5. The summed E-state index contributed by atoms with van der Waals surface area (Å²) in [5.41, 5.74) is 4.67. The number of carbonyl (C=O) groups is 3. The molecule has 0 aliphatic carbocycles. The minimum Gasteiger partial charge on any atom is -0.461 e. The maximum atomic E-state index is 14.7. The van der Waals surface area contributed by atoms with E-state index in [1.165, 1.54) is 5.56 Å². The number of aromatic nitrogens is 2. The Bertz CT molecular complexity index is 2060. The molecular formula is C43H45N3O6. The summed E-state index contributed by atoms with van der Waals surface area (Å²) >= 11 is 0. The van der Waals surface area contributed by atoms with Crippen molar-refractivity contribution in [2.75, 3.05) is 13.2 Å². The number of hydrogen-bond donors (Lipinski definition) is 0. The molecule has 0 atom stereocenters. The number of nitrogens with zero attached hydrogens (tertiary/aromatic N) is 3. The number of ether oxygens (including phenoxy) is 3. The number of benzene rings is 4. The number of amides is 1. The average Bonchev–Trinajstić information content (AvgIpc) is 3.52. The summed E-state index contributed by atoms with van der Waals surface area (Å²) in [6.45, 7) is 10.3. The van der Waals surface area contributed by atoms with Gasteiger partial charge >= 0.3 is 11.9 Å². The summed E-state index contributed by atoms with van der Waals surface area (Å²) < 4.78 is 19.1. The topological polar surface area (TPSA) is 100.0 Å². The third kappa shape index (κ3) is 8.09. The minimum absolute atomic E-state index is 0.0978. The van der Waals surface area contributed by atoms with Crippen molar-refractivity contribution in [2.24, 2.45) is 0 Å². The number of para-hydroxylation sites is 1. The third-order valence-electron chi connectivity index (χ3n) is 8.85. The van der Waals surface area contributed by atoms with Gasteiger partial charge in [-0.3, -0.25) is 4.79 Å². The van der Waals surface area contributed by atoms with Crippen LogP contribution in [0.15, 0.2) is 97.1 Å². The third-order valence-corrected chi connectivity index (χ3v) is 8.85. The van der Waals surface area contributed by atoms with Gasteiger partial charge in [-0.15, -0.1) is 0 Å². The largest absolute Gasteiger partial charge is 0.461 e. The summed E-state index contributed by atoms with van der Waals surface area (Å²) in [6.07, 6.45) is 2.97. The van der Waals surface area contributed by atoms with E-state index in [-0.39, 0.29) is 29.3 Å². The van der Waals surface area contributed by atoms with Gasteiger partial charge in [0.25, 0.3) is 5.91 Å². The first-order chi connectivity index (χ1) is 25.1. The molecule has 9 heteroatoms. The van der Waals surface area contributed by atoms with Crippen molar-refractivity contribution in [2.45, 2.75) is 72.4 Å². The molecule has 5 aromatic rings. The number of fused-ring (bicyclic) bond motifs is 1. The van der Waals surface area contributed by atoms with E-state index in [0.717, 1.165) is 24.1 Å². The summed E-state index contributed by atoms with van der Waals surface area (Å²) in [4.78, 5) is 43.6. The molecule has 4 aromatic carbocycles. The van der Waals surface area contributed by atoms with Crippen LogP contribution in [0.3, 0.4) is 0 Å². The summed E-state index contributed by atoms with van der Waals surface area (Å²) in [6, 6.07) is 30.1. The number of rotatable bonds is 11. The van der Waals surface area contributed by atoms with E-state index in [1.54, 1.807) is 55.5 Å². The van der Waals surface area contributed by atoms with Gasteiger partial charge in [0.05, 0.1) is 23.6 Å². The Balaban J connectivity index is 1.50. The maximum Gasteiger partial charge on any atom is 0.359 e. The van der Waals surface area contributed by atoms with Crippen LogP contribution in [0.25, 0.3) is 16.8 Å². The highest BCUT2D eigenvalue weighted by atomic mass is 16.6. The van der Waals surface area contributed by atoms with Crippen LogP contribution in [0, 0.1) is 0 Å². The second kappa shape index (κ2) is 15.7. The highest BCUT2D eigenvalue weighted by Gasteiger charge is 2.32. The fourth-order valence-corrected chi connectivity index (χ4v) is 6.39. The van der Waals surface area contributed by atoms with Gasteiger partial charge in [0, 0.05) is 24.2 Å². The lowest BCUT2D eigenvalue weighted by Gasteiger charge is -2.30. The SMILES string of the molecule is CCCCc1c(-c2ccc(C(=O)OC(C)(C)C)cc2C(=O)N2CCc3ccccc3C2)c(C(=O)OCC)nn1-c1ccc(Oc2ccccc2)cc1. The van der Waals surface area contributed by atoms with Crippen molar-refractivity contribution < 1.29 is 28.6 Å². The standard InChI is InChI=1S/C43H45N3O6/c1-6-8-18-37-38(39(42(49)50-7-2)44-46(37)32-20-22-34(23-21-32)51-33-16-10-9-11-17-33)35-24-19-30(41(48)52-43(3,4)5)27-36(35)40(47)45-26-25-29-14-12-13-15-31(29)28-45/h9-17,19-24,27H,6-8,18,25-26,28H2,1-5H3. The summed E-state index contributed by atoms with van der Waals surface area (Å²) in [5.74, 6) is -0.0193. The molecule has 9 nitrogen and oxygen atoms in total. The predicted molar refractivity (Wildman–Crippen MR) is 200 cm³/mol. The Hall–Kier alpha value is -5.70. The summed E-state index contributed by atoms with van der Waals surface area (Å²) in [7, 11) is 0. The molecule has 2 heterocycles. The average molecular weight is 700 g/mol.